The molecule has 2 heterocycles. The highest BCUT2D eigenvalue weighted by atomic mass is 15.0. The molecule has 5 heteroatoms. The minimum absolute atomic E-state index is 0.533. The maximum Gasteiger partial charge on any atom is 0.162 e. The first kappa shape index (κ1) is 24.0. The Labute approximate surface area is 236 Å². The summed E-state index contributed by atoms with van der Waals surface area (Å²) in [7, 11) is 0. The summed E-state index contributed by atoms with van der Waals surface area (Å²) in [6.07, 6.45) is 0. The van der Waals surface area contributed by atoms with E-state index in [-0.39, 0.29) is 0 Å². The van der Waals surface area contributed by atoms with Crippen molar-refractivity contribution in [2.45, 2.75) is 0 Å². The van der Waals surface area contributed by atoms with Crippen molar-refractivity contribution in [2.75, 3.05) is 0 Å². The Balaban J connectivity index is 1.55. The molecular formula is C36H21N5. The van der Waals surface area contributed by atoms with Gasteiger partial charge in [0.25, 0.3) is 0 Å². The lowest BCUT2D eigenvalue weighted by Gasteiger charge is -2.15. The van der Waals surface area contributed by atoms with E-state index in [1.54, 1.807) is 6.07 Å². The highest BCUT2D eigenvalue weighted by Crippen LogP contribution is 2.37. The van der Waals surface area contributed by atoms with Crippen LogP contribution >= 0.6 is 0 Å². The average molecular weight is 524 g/mol. The number of fused-ring (bicyclic) bond motifs is 3. The van der Waals surface area contributed by atoms with E-state index in [4.69, 9.17) is 9.97 Å². The van der Waals surface area contributed by atoms with Gasteiger partial charge < -0.3 is 4.57 Å². The van der Waals surface area contributed by atoms with Gasteiger partial charge in [0.05, 0.1) is 51.4 Å². The molecule has 0 spiro atoms. The van der Waals surface area contributed by atoms with Crippen LogP contribution in [0.15, 0.2) is 127 Å². The van der Waals surface area contributed by atoms with Gasteiger partial charge in [0.15, 0.2) is 5.82 Å². The largest absolute Gasteiger partial charge is 0.308 e. The second kappa shape index (κ2) is 9.93. The van der Waals surface area contributed by atoms with Crippen LogP contribution in [0.3, 0.4) is 0 Å². The molecule has 0 aliphatic carbocycles. The van der Waals surface area contributed by atoms with E-state index in [0.717, 1.165) is 55.6 Å². The lowest BCUT2D eigenvalue weighted by atomic mass is 10.0. The van der Waals surface area contributed by atoms with Gasteiger partial charge in [0.1, 0.15) is 0 Å². The third-order valence-electron chi connectivity index (χ3n) is 7.28. The zero-order chi connectivity index (χ0) is 27.8. The molecular weight excluding hydrogens is 502 g/mol. The fraction of sp³-hybridized carbons (Fsp3) is 0. The van der Waals surface area contributed by atoms with Crippen LogP contribution in [0.5, 0.6) is 0 Å². The second-order valence-electron chi connectivity index (χ2n) is 9.73. The Morgan fingerprint density at radius 1 is 0.512 bits per heavy atom. The van der Waals surface area contributed by atoms with Gasteiger partial charge in [-0.3, -0.25) is 0 Å². The Morgan fingerprint density at radius 3 is 1.73 bits per heavy atom. The van der Waals surface area contributed by atoms with Crippen LogP contribution in [0.25, 0.3) is 61.4 Å². The monoisotopic (exact) mass is 523 g/mol. The molecule has 0 radical (unpaired) electrons. The summed E-state index contributed by atoms with van der Waals surface area (Å²) < 4.78 is 2.14. The normalized spacial score (nSPS) is 10.9. The predicted molar refractivity (Wildman–Crippen MR) is 162 cm³/mol. The van der Waals surface area contributed by atoms with Crippen LogP contribution in [-0.2, 0) is 0 Å². The van der Waals surface area contributed by atoms with Crippen LogP contribution < -0.4 is 0 Å². The molecule has 0 atom stereocenters. The fourth-order valence-corrected chi connectivity index (χ4v) is 5.36. The minimum Gasteiger partial charge on any atom is -0.308 e. The number of rotatable bonds is 4. The van der Waals surface area contributed by atoms with E-state index in [0.29, 0.717) is 17.0 Å². The van der Waals surface area contributed by atoms with Crippen molar-refractivity contribution in [3.05, 3.63) is 139 Å². The number of para-hydroxylation sites is 1. The molecule has 7 rings (SSSR count). The highest BCUT2D eigenvalue weighted by molar-refractivity contribution is 6.10. The molecule has 5 nitrogen and oxygen atoms in total. The van der Waals surface area contributed by atoms with E-state index < -0.39 is 0 Å². The summed E-state index contributed by atoms with van der Waals surface area (Å²) in [6, 6.07) is 46.2. The molecule has 0 bridgehead atoms. The average Bonchev–Trinajstić information content (AvgIpc) is 3.38. The van der Waals surface area contributed by atoms with Gasteiger partial charge in [0.2, 0.25) is 0 Å². The standard InChI is InChI=1S/C36H21N5/c37-22-24-16-18-34-30(19-24)28-13-7-8-14-33(28)41(34)35-20-25(23-38)15-17-29(35)36-39-31(26-9-3-1-4-10-26)21-32(40-36)27-11-5-2-6-12-27/h1-21H. The van der Waals surface area contributed by atoms with Gasteiger partial charge in [-0.25, -0.2) is 9.97 Å². The first-order chi connectivity index (χ1) is 20.2. The molecule has 0 aliphatic rings. The number of hydrogen-bond donors (Lipinski definition) is 0. The zero-order valence-corrected chi connectivity index (χ0v) is 21.9. The van der Waals surface area contributed by atoms with Gasteiger partial charge in [-0.1, -0.05) is 78.9 Å². The number of benzene rings is 5. The summed E-state index contributed by atoms with van der Waals surface area (Å²) in [6.45, 7) is 0. The first-order valence-electron chi connectivity index (χ1n) is 13.2. The van der Waals surface area contributed by atoms with Gasteiger partial charge in [0, 0.05) is 27.5 Å². The molecule has 0 saturated carbocycles. The summed E-state index contributed by atoms with van der Waals surface area (Å²) in [5, 5.41) is 21.5. The quantitative estimate of drug-likeness (QED) is 0.232. The van der Waals surface area contributed by atoms with Gasteiger partial charge >= 0.3 is 0 Å². The number of nitriles is 2. The molecule has 41 heavy (non-hydrogen) atoms. The van der Waals surface area contributed by atoms with E-state index in [1.807, 2.05) is 109 Å². The van der Waals surface area contributed by atoms with Crippen LogP contribution in [0.4, 0.5) is 0 Å². The van der Waals surface area contributed by atoms with Gasteiger partial charge in [-0.2, -0.15) is 10.5 Å². The van der Waals surface area contributed by atoms with Crippen LogP contribution in [-0.4, -0.2) is 14.5 Å². The molecule has 0 saturated heterocycles. The van der Waals surface area contributed by atoms with Crippen molar-refractivity contribution >= 4 is 21.8 Å². The van der Waals surface area contributed by atoms with Crippen LogP contribution in [0.2, 0.25) is 0 Å². The van der Waals surface area contributed by atoms with E-state index in [9.17, 15) is 10.5 Å². The molecule has 0 unspecified atom stereocenters. The van der Waals surface area contributed by atoms with E-state index in [2.05, 4.69) is 28.8 Å². The SMILES string of the molecule is N#Cc1ccc(-c2nc(-c3ccccc3)cc(-c3ccccc3)n2)c(-n2c3ccccc3c3cc(C#N)ccc32)c1. The predicted octanol–water partition coefficient (Wildman–Crippen LogP) is 8.32. The maximum absolute atomic E-state index is 9.87. The first-order valence-corrected chi connectivity index (χ1v) is 13.2. The summed E-state index contributed by atoms with van der Waals surface area (Å²) >= 11 is 0. The third kappa shape index (κ3) is 4.19. The van der Waals surface area contributed by atoms with Crippen LogP contribution in [0.1, 0.15) is 11.1 Å². The van der Waals surface area contributed by atoms with Gasteiger partial charge in [-0.15, -0.1) is 0 Å². The van der Waals surface area contributed by atoms with Crippen LogP contribution in [0, 0.1) is 22.7 Å². The Bertz CT molecular complexity index is 2110. The Kier molecular flexibility index (Phi) is 5.82. The van der Waals surface area contributed by atoms with E-state index in [1.165, 1.54) is 0 Å². The van der Waals surface area contributed by atoms with Gasteiger partial charge in [-0.05, 0) is 48.5 Å². The maximum atomic E-state index is 9.87. The van der Waals surface area contributed by atoms with Crippen molar-refractivity contribution in [3.63, 3.8) is 0 Å². The van der Waals surface area contributed by atoms with Crippen molar-refractivity contribution in [1.82, 2.24) is 14.5 Å². The van der Waals surface area contributed by atoms with Crippen molar-refractivity contribution in [3.8, 4) is 51.7 Å². The molecule has 0 fully saturated rings. The van der Waals surface area contributed by atoms with Crippen molar-refractivity contribution < 1.29 is 0 Å². The summed E-state index contributed by atoms with van der Waals surface area (Å²) in [5.74, 6) is 0.560. The minimum atomic E-state index is 0.533. The highest BCUT2D eigenvalue weighted by Gasteiger charge is 2.19. The molecule has 0 amide bonds. The number of nitrogens with zero attached hydrogens (tertiary/aromatic N) is 5. The zero-order valence-electron chi connectivity index (χ0n) is 21.9. The number of aromatic nitrogens is 3. The Hall–Kier alpha value is -6.04. The Morgan fingerprint density at radius 2 is 1.07 bits per heavy atom. The van der Waals surface area contributed by atoms with E-state index >= 15 is 0 Å². The lowest BCUT2D eigenvalue weighted by Crippen LogP contribution is -2.02. The third-order valence-corrected chi connectivity index (χ3v) is 7.28. The summed E-state index contributed by atoms with van der Waals surface area (Å²) in [4.78, 5) is 10.1. The van der Waals surface area contributed by atoms with Crippen molar-refractivity contribution in [2.24, 2.45) is 0 Å². The molecule has 2 aromatic heterocycles. The number of hydrogen-bond acceptors (Lipinski definition) is 4. The molecule has 7 aromatic rings. The van der Waals surface area contributed by atoms with Crippen molar-refractivity contribution in [1.29, 1.82) is 10.5 Å². The molecule has 190 valence electrons. The lowest BCUT2D eigenvalue weighted by molar-refractivity contribution is 1.14. The second-order valence-corrected chi connectivity index (χ2v) is 9.73. The fourth-order valence-electron chi connectivity index (χ4n) is 5.36. The molecule has 0 N–H and O–H groups in total. The summed E-state index contributed by atoms with van der Waals surface area (Å²) in [5.41, 5.74) is 8.23. The topological polar surface area (TPSA) is 78.3 Å². The molecule has 0 aliphatic heterocycles. The smallest absolute Gasteiger partial charge is 0.162 e. The molecule has 5 aromatic carbocycles.